The molecule has 14 heteroatoms. The van der Waals surface area contributed by atoms with Crippen molar-refractivity contribution in [3.8, 4) is 0 Å². The third kappa shape index (κ3) is 6.19. The molecule has 0 radical (unpaired) electrons. The molecule has 2 aromatic rings. The SMILES string of the molecule is Cc1ncc(C[n+]2csc(CCOP(=O)([O-])OP(=O)([O-])[O-])c2C)c(N)n1. The van der Waals surface area contributed by atoms with Crippen LogP contribution in [0.1, 0.15) is 22.0 Å². The second-order valence-corrected chi connectivity index (χ2v) is 8.89. The van der Waals surface area contributed by atoms with Crippen molar-refractivity contribution in [2.24, 2.45) is 0 Å². The van der Waals surface area contributed by atoms with Crippen molar-refractivity contribution in [2.75, 3.05) is 12.3 Å². The molecule has 0 aliphatic rings. The third-order valence-corrected chi connectivity index (χ3v) is 6.54. The maximum Gasteiger partial charge on any atom is 0.271 e. The lowest BCUT2D eigenvalue weighted by molar-refractivity contribution is -0.689. The number of rotatable bonds is 8. The first-order valence-electron chi connectivity index (χ1n) is 7.20. The first-order chi connectivity index (χ1) is 12.0. The molecule has 0 aliphatic carbocycles. The lowest BCUT2D eigenvalue weighted by atomic mass is 10.2. The molecular weight excluding hydrogens is 406 g/mol. The number of nitrogens with two attached hydrogens (primary N) is 1. The number of nitrogens with zero attached hydrogens (tertiary/aromatic N) is 3. The summed E-state index contributed by atoms with van der Waals surface area (Å²) in [6, 6.07) is 0. The van der Waals surface area contributed by atoms with Gasteiger partial charge in [-0.15, -0.1) is 0 Å². The minimum atomic E-state index is -5.68. The summed E-state index contributed by atoms with van der Waals surface area (Å²) in [7, 11) is -10.9. The molecule has 2 heterocycles. The number of anilines is 1. The molecule has 2 aromatic heterocycles. The van der Waals surface area contributed by atoms with Gasteiger partial charge in [0.15, 0.2) is 12.2 Å². The standard InChI is InChI=1S/C12H18N4O7P2S/c1-8-11(3-4-22-25(20,21)23-24(17,18)19)26-7-16(8)6-10-5-14-9(2)15-12(10)13/h5,7H,3-4,6H2,1-2H3,(H4-,13,14,15,17,18,19,20,21)/p-2. The lowest BCUT2D eigenvalue weighted by Gasteiger charge is -2.34. The third-order valence-electron chi connectivity index (χ3n) is 3.29. The zero-order chi connectivity index (χ0) is 19.5. The highest BCUT2D eigenvalue weighted by atomic mass is 32.1. The minimum absolute atomic E-state index is 0.182. The number of aromatic nitrogens is 3. The van der Waals surface area contributed by atoms with Crippen molar-refractivity contribution in [3.05, 3.63) is 33.7 Å². The van der Waals surface area contributed by atoms with Crippen molar-refractivity contribution in [2.45, 2.75) is 26.8 Å². The molecule has 1 unspecified atom stereocenters. The zero-order valence-electron chi connectivity index (χ0n) is 13.9. The summed E-state index contributed by atoms with van der Waals surface area (Å²) in [5.74, 6) is 0.950. The molecule has 1 atom stereocenters. The second-order valence-electron chi connectivity index (χ2n) is 5.25. The average Bonchev–Trinajstić information content (AvgIpc) is 2.80. The molecule has 0 spiro atoms. The number of aryl methyl sites for hydroxylation is 1. The molecule has 144 valence electrons. The van der Waals surface area contributed by atoms with E-state index in [1.54, 1.807) is 13.1 Å². The van der Waals surface area contributed by atoms with E-state index in [0.717, 1.165) is 16.1 Å². The number of thiazole rings is 1. The van der Waals surface area contributed by atoms with Crippen molar-refractivity contribution < 1.29 is 37.2 Å². The van der Waals surface area contributed by atoms with Crippen LogP contribution in [-0.4, -0.2) is 16.6 Å². The second kappa shape index (κ2) is 8.20. The monoisotopic (exact) mass is 422 g/mol. The molecule has 26 heavy (non-hydrogen) atoms. The Labute approximate surface area is 153 Å². The minimum Gasteiger partial charge on any atom is -0.790 e. The molecule has 2 N–H and O–H groups in total. The van der Waals surface area contributed by atoms with Crippen molar-refractivity contribution in [1.29, 1.82) is 0 Å². The number of phosphoric ester groups is 1. The van der Waals surface area contributed by atoms with Gasteiger partial charge in [-0.05, 0) is 6.92 Å². The van der Waals surface area contributed by atoms with Gasteiger partial charge in [-0.1, -0.05) is 11.3 Å². The first-order valence-corrected chi connectivity index (χ1v) is 11.0. The smallest absolute Gasteiger partial charge is 0.271 e. The van der Waals surface area contributed by atoms with Crippen molar-refractivity contribution in [1.82, 2.24) is 9.97 Å². The molecule has 0 saturated heterocycles. The molecule has 0 bridgehead atoms. The summed E-state index contributed by atoms with van der Waals surface area (Å²) in [4.78, 5) is 40.9. The summed E-state index contributed by atoms with van der Waals surface area (Å²) in [5, 5.41) is 0. The van der Waals surface area contributed by atoms with E-state index in [4.69, 9.17) is 5.73 Å². The van der Waals surface area contributed by atoms with Gasteiger partial charge in [-0.3, -0.25) is 8.88 Å². The van der Waals surface area contributed by atoms with Crippen LogP contribution in [0.5, 0.6) is 0 Å². The van der Waals surface area contributed by atoms with Crippen LogP contribution >= 0.6 is 27.0 Å². The number of phosphoric acid groups is 2. The molecular formula is C12H16N4O7P2S-2. The van der Waals surface area contributed by atoms with Crippen LogP contribution in [0.15, 0.2) is 11.7 Å². The van der Waals surface area contributed by atoms with Gasteiger partial charge in [0.05, 0.1) is 24.9 Å². The Morgan fingerprint density at radius 2 is 2.00 bits per heavy atom. The predicted octanol–water partition coefficient (Wildman–Crippen LogP) is -1.05. The largest absolute Gasteiger partial charge is 0.790 e. The van der Waals surface area contributed by atoms with Gasteiger partial charge >= 0.3 is 0 Å². The van der Waals surface area contributed by atoms with Crippen LogP contribution in [0, 0.1) is 13.8 Å². The summed E-state index contributed by atoms with van der Waals surface area (Å²) in [6.07, 6.45) is 1.82. The molecule has 0 amide bonds. The number of hydrogen-bond donors (Lipinski definition) is 1. The molecule has 0 aromatic carbocycles. The first kappa shape index (κ1) is 21.1. The average molecular weight is 422 g/mol. The maximum absolute atomic E-state index is 11.2. The highest BCUT2D eigenvalue weighted by Crippen LogP contribution is 2.50. The summed E-state index contributed by atoms with van der Waals surface area (Å²) in [5.41, 5.74) is 9.28. The van der Waals surface area contributed by atoms with Gasteiger partial charge in [-0.2, -0.15) is 4.57 Å². The van der Waals surface area contributed by atoms with E-state index in [9.17, 15) is 23.8 Å². The molecule has 11 nitrogen and oxygen atoms in total. The fourth-order valence-electron chi connectivity index (χ4n) is 2.06. The Bertz CT molecular complexity index is 884. The van der Waals surface area contributed by atoms with E-state index in [0.29, 0.717) is 18.2 Å². The Balaban J connectivity index is 1.98. The van der Waals surface area contributed by atoms with Gasteiger partial charge in [0.1, 0.15) is 11.6 Å². The van der Waals surface area contributed by atoms with Crippen molar-refractivity contribution >= 4 is 32.8 Å². The quantitative estimate of drug-likeness (QED) is 0.407. The van der Waals surface area contributed by atoms with E-state index in [1.807, 2.05) is 17.0 Å². The number of hydrogen-bond acceptors (Lipinski definition) is 11. The number of nitrogen functional groups attached to an aromatic ring is 1. The van der Waals surface area contributed by atoms with Gasteiger partial charge in [0.2, 0.25) is 5.51 Å². The topological polar surface area (TPSA) is 177 Å². The lowest BCUT2D eigenvalue weighted by Crippen LogP contribution is -2.35. The zero-order valence-corrected chi connectivity index (χ0v) is 16.5. The van der Waals surface area contributed by atoms with Gasteiger partial charge in [0, 0.05) is 19.5 Å². The Morgan fingerprint density at radius 3 is 2.62 bits per heavy atom. The highest BCUT2D eigenvalue weighted by molar-refractivity contribution is 7.58. The summed E-state index contributed by atoms with van der Waals surface area (Å²) >= 11 is 1.36. The van der Waals surface area contributed by atoms with Crippen LogP contribution in [0.25, 0.3) is 0 Å². The Hall–Kier alpha value is -1.23. The van der Waals surface area contributed by atoms with Crippen LogP contribution in [0.3, 0.4) is 0 Å². The predicted molar refractivity (Wildman–Crippen MR) is 85.5 cm³/mol. The van der Waals surface area contributed by atoms with E-state index >= 15 is 0 Å². The normalized spacial score (nSPS) is 14.3. The van der Waals surface area contributed by atoms with Crippen LogP contribution in [0.4, 0.5) is 5.82 Å². The summed E-state index contributed by atoms with van der Waals surface area (Å²) in [6.45, 7) is 3.64. The van der Waals surface area contributed by atoms with Crippen LogP contribution in [0.2, 0.25) is 0 Å². The van der Waals surface area contributed by atoms with Gasteiger partial charge < -0.3 is 29.5 Å². The van der Waals surface area contributed by atoms with Gasteiger partial charge in [0.25, 0.3) is 7.82 Å². The fraction of sp³-hybridized carbons (Fsp3) is 0.417. The molecule has 0 fully saturated rings. The molecule has 2 rings (SSSR count). The summed E-state index contributed by atoms with van der Waals surface area (Å²) < 4.78 is 31.2. The molecule has 0 saturated carbocycles. The fourth-order valence-corrected chi connectivity index (χ4v) is 4.52. The van der Waals surface area contributed by atoms with E-state index in [2.05, 4.69) is 18.8 Å². The van der Waals surface area contributed by atoms with Crippen LogP contribution < -0.4 is 25.0 Å². The van der Waals surface area contributed by atoms with E-state index in [-0.39, 0.29) is 13.0 Å². The van der Waals surface area contributed by atoms with E-state index in [1.165, 1.54) is 11.3 Å². The Kier molecular flexibility index (Phi) is 6.65. The highest BCUT2D eigenvalue weighted by Gasteiger charge is 2.19. The molecule has 0 aliphatic heterocycles. The van der Waals surface area contributed by atoms with E-state index < -0.39 is 15.6 Å². The van der Waals surface area contributed by atoms with Crippen molar-refractivity contribution in [3.63, 3.8) is 0 Å². The maximum atomic E-state index is 11.2. The van der Waals surface area contributed by atoms with Crippen LogP contribution in [-0.2, 0) is 30.9 Å². The Morgan fingerprint density at radius 1 is 1.31 bits per heavy atom. The van der Waals surface area contributed by atoms with Gasteiger partial charge in [-0.25, -0.2) is 9.97 Å².